The van der Waals surface area contributed by atoms with Crippen LogP contribution in [0.4, 0.5) is 5.69 Å². The van der Waals surface area contributed by atoms with Crippen molar-refractivity contribution in [2.24, 2.45) is 0 Å². The first-order chi connectivity index (χ1) is 6.34. The first-order valence-electron chi connectivity index (χ1n) is 4.87. The molecule has 0 fully saturated rings. The molecule has 4 heteroatoms. The maximum absolute atomic E-state index is 2.24. The third-order valence-electron chi connectivity index (χ3n) is 2.09. The van der Waals surface area contributed by atoms with Gasteiger partial charge < -0.3 is 59.0 Å². The van der Waals surface area contributed by atoms with E-state index in [0.29, 0.717) is 0 Å². The second kappa shape index (κ2) is 13.4. The quantitative estimate of drug-likeness (QED) is 0.351. The van der Waals surface area contributed by atoms with E-state index in [4.69, 9.17) is 0 Å². The van der Waals surface area contributed by atoms with Gasteiger partial charge in [0.2, 0.25) is 0 Å². The summed E-state index contributed by atoms with van der Waals surface area (Å²) in [4.78, 5) is 1.44. The molecule has 94 valence electrons. The predicted octanol–water partition coefficient (Wildman–Crippen LogP) is -3.82. The zero-order chi connectivity index (χ0) is 9.52. The topological polar surface area (TPSA) is 40.9 Å². The van der Waals surface area contributed by atoms with Gasteiger partial charge in [0.05, 0.1) is 7.05 Å². The Balaban J connectivity index is -0.000000563. The van der Waals surface area contributed by atoms with Crippen LogP contribution in [-0.2, 0) is 0 Å². The Morgan fingerprint density at radius 2 is 1.62 bits per heavy atom. The number of hydrogen-bond acceptors (Lipinski definition) is 0. The Morgan fingerprint density at radius 3 is 2.12 bits per heavy atom. The molecule has 0 aromatic heterocycles. The van der Waals surface area contributed by atoms with Crippen molar-refractivity contribution in [3.8, 4) is 0 Å². The summed E-state index contributed by atoms with van der Waals surface area (Å²) in [5, 5.41) is 0. The van der Waals surface area contributed by atoms with Crippen molar-refractivity contribution in [1.29, 1.82) is 0 Å². The fourth-order valence-corrected chi connectivity index (χ4v) is 1.27. The van der Waals surface area contributed by atoms with Crippen molar-refractivity contribution in [3.63, 3.8) is 0 Å². The van der Waals surface area contributed by atoms with Crippen molar-refractivity contribution in [1.82, 2.24) is 6.15 Å². The molecule has 1 rings (SSSR count). The SMILES string of the molecule is CCC=CC[NH+](C)c1ccccc1.[I-].[I-].[NH4+]. The second-order valence-electron chi connectivity index (χ2n) is 3.23. The lowest BCUT2D eigenvalue weighted by molar-refractivity contribution is -0.803. The minimum absolute atomic E-state index is 0. The van der Waals surface area contributed by atoms with Crippen LogP contribution < -0.4 is 59.0 Å². The van der Waals surface area contributed by atoms with Gasteiger partial charge in [0.25, 0.3) is 0 Å². The normalized spacial score (nSPS) is 10.9. The summed E-state index contributed by atoms with van der Waals surface area (Å²) in [6.45, 7) is 3.23. The maximum atomic E-state index is 2.24. The van der Waals surface area contributed by atoms with E-state index in [1.807, 2.05) is 0 Å². The lowest BCUT2D eigenvalue weighted by Gasteiger charge is -2.10. The molecule has 0 amide bonds. The van der Waals surface area contributed by atoms with E-state index in [9.17, 15) is 0 Å². The van der Waals surface area contributed by atoms with Crippen LogP contribution in [0, 0.1) is 0 Å². The first-order valence-corrected chi connectivity index (χ1v) is 4.87. The molecule has 0 spiro atoms. The van der Waals surface area contributed by atoms with Crippen LogP contribution in [-0.4, -0.2) is 13.6 Å². The molecule has 0 saturated heterocycles. The van der Waals surface area contributed by atoms with E-state index in [2.05, 4.69) is 56.5 Å². The van der Waals surface area contributed by atoms with E-state index in [0.717, 1.165) is 13.0 Å². The highest BCUT2D eigenvalue weighted by Gasteiger charge is 2.00. The summed E-state index contributed by atoms with van der Waals surface area (Å²) in [7, 11) is 2.19. The molecule has 16 heavy (non-hydrogen) atoms. The molecule has 0 aliphatic carbocycles. The average Bonchev–Trinajstić information content (AvgIpc) is 2.19. The summed E-state index contributed by atoms with van der Waals surface area (Å²) in [5.74, 6) is 0. The number of quaternary nitrogens is 2. The van der Waals surface area contributed by atoms with Gasteiger partial charge in [0, 0.05) is 0 Å². The second-order valence-corrected chi connectivity index (χ2v) is 3.23. The number of benzene rings is 1. The number of para-hydroxylation sites is 1. The molecule has 0 bridgehead atoms. The van der Waals surface area contributed by atoms with Gasteiger partial charge in [-0.25, -0.2) is 0 Å². The average molecular weight is 448 g/mol. The van der Waals surface area contributed by atoms with E-state index in [1.54, 1.807) is 0 Å². The molecule has 5 N–H and O–H groups in total. The zero-order valence-electron chi connectivity index (χ0n) is 10.2. The monoisotopic (exact) mass is 448 g/mol. The van der Waals surface area contributed by atoms with E-state index in [-0.39, 0.29) is 54.1 Å². The van der Waals surface area contributed by atoms with Crippen molar-refractivity contribution in [3.05, 3.63) is 42.5 Å². The predicted molar refractivity (Wildman–Crippen MR) is 63.3 cm³/mol. The number of rotatable bonds is 4. The summed E-state index contributed by atoms with van der Waals surface area (Å²) in [5.41, 5.74) is 1.35. The molecule has 0 saturated carbocycles. The number of allylic oxidation sites excluding steroid dienone is 1. The molecule has 0 aliphatic rings. The number of nitrogens with one attached hydrogen (secondary N) is 1. The van der Waals surface area contributed by atoms with Crippen molar-refractivity contribution in [2.75, 3.05) is 13.6 Å². The maximum Gasteiger partial charge on any atom is 0.131 e. The summed E-state index contributed by atoms with van der Waals surface area (Å²) >= 11 is 0. The van der Waals surface area contributed by atoms with E-state index >= 15 is 0 Å². The molecule has 1 aromatic rings. The molecule has 1 unspecified atom stereocenters. The van der Waals surface area contributed by atoms with Crippen LogP contribution in [0.1, 0.15) is 13.3 Å². The highest BCUT2D eigenvalue weighted by atomic mass is 127. The van der Waals surface area contributed by atoms with Gasteiger partial charge in [-0.05, 0) is 24.6 Å². The smallest absolute Gasteiger partial charge is 0.131 e. The molecule has 2 nitrogen and oxygen atoms in total. The molecule has 0 aliphatic heterocycles. The number of likely N-dealkylation sites (N-methyl/N-ethyl adjacent to an activating group) is 1. The van der Waals surface area contributed by atoms with Crippen LogP contribution in [0.25, 0.3) is 0 Å². The molecular weight excluding hydrogens is 426 g/mol. The Hall–Kier alpha value is 0.340. The van der Waals surface area contributed by atoms with Crippen LogP contribution >= 0.6 is 0 Å². The minimum Gasteiger partial charge on any atom is -1.00 e. The zero-order valence-corrected chi connectivity index (χ0v) is 14.5. The first kappa shape index (κ1) is 21.6. The highest BCUT2D eigenvalue weighted by molar-refractivity contribution is 5.27. The third kappa shape index (κ3) is 8.49. The fraction of sp³-hybridized carbons (Fsp3) is 0.333. The Labute approximate surface area is 133 Å². The van der Waals surface area contributed by atoms with Gasteiger partial charge in [-0.2, -0.15) is 0 Å². The van der Waals surface area contributed by atoms with Gasteiger partial charge in [0.1, 0.15) is 12.2 Å². The van der Waals surface area contributed by atoms with Gasteiger partial charge >= 0.3 is 0 Å². The van der Waals surface area contributed by atoms with Crippen LogP contribution in [0.3, 0.4) is 0 Å². The lowest BCUT2D eigenvalue weighted by Crippen LogP contribution is -3.03. The number of halogens is 2. The largest absolute Gasteiger partial charge is 1.00 e. The van der Waals surface area contributed by atoms with Crippen molar-refractivity contribution >= 4 is 5.69 Å². The molecule has 1 atom stereocenters. The van der Waals surface area contributed by atoms with Crippen LogP contribution in [0.2, 0.25) is 0 Å². The molecule has 0 radical (unpaired) electrons. The van der Waals surface area contributed by atoms with Crippen molar-refractivity contribution in [2.45, 2.75) is 13.3 Å². The van der Waals surface area contributed by atoms with E-state index in [1.165, 1.54) is 10.6 Å². The van der Waals surface area contributed by atoms with Crippen LogP contribution in [0.5, 0.6) is 0 Å². The third-order valence-corrected chi connectivity index (χ3v) is 2.09. The Kier molecular flexibility index (Phi) is 18.1. The minimum atomic E-state index is 0. The lowest BCUT2D eigenvalue weighted by atomic mass is 10.3. The molecule has 1 aromatic carbocycles. The fourth-order valence-electron chi connectivity index (χ4n) is 1.27. The van der Waals surface area contributed by atoms with Crippen molar-refractivity contribution < 1.29 is 52.9 Å². The number of hydrogen-bond donors (Lipinski definition) is 2. The Morgan fingerprint density at radius 1 is 1.06 bits per heavy atom. The summed E-state index contributed by atoms with van der Waals surface area (Å²) in [6.07, 6.45) is 5.58. The molecule has 0 heterocycles. The van der Waals surface area contributed by atoms with Crippen LogP contribution in [0.15, 0.2) is 42.5 Å². The highest BCUT2D eigenvalue weighted by Crippen LogP contribution is 1.97. The molecular formula is C12H22I2N2. The van der Waals surface area contributed by atoms with Gasteiger partial charge in [-0.3, -0.25) is 0 Å². The Bertz CT molecular complexity index is 263. The van der Waals surface area contributed by atoms with E-state index < -0.39 is 0 Å². The van der Waals surface area contributed by atoms with Gasteiger partial charge in [-0.1, -0.05) is 31.2 Å². The summed E-state index contributed by atoms with van der Waals surface area (Å²) in [6, 6.07) is 10.5. The van der Waals surface area contributed by atoms with Gasteiger partial charge in [0.15, 0.2) is 0 Å². The standard InChI is InChI=1S/C12H17N.2HI.H3N/c1-3-4-8-11-13(2)12-9-6-5-7-10-12;;;/h4-10H,3,11H2,1-2H3;2*1H;1H3. The summed E-state index contributed by atoms with van der Waals surface area (Å²) < 4.78 is 0. The van der Waals surface area contributed by atoms with Gasteiger partial charge in [-0.15, -0.1) is 0 Å².